The van der Waals surface area contributed by atoms with Gasteiger partial charge in [0.15, 0.2) is 17.3 Å². The largest absolute Gasteiger partial charge is 0.451 e. The topological polar surface area (TPSA) is 102 Å². The summed E-state index contributed by atoms with van der Waals surface area (Å²) in [5.41, 5.74) is 6.98. The Labute approximate surface area is 225 Å². The highest BCUT2D eigenvalue weighted by atomic mass is 19.1. The monoisotopic (exact) mass is 529 g/mol. The van der Waals surface area contributed by atoms with E-state index >= 15 is 4.39 Å². The molecule has 1 fully saturated rings. The van der Waals surface area contributed by atoms with Crippen LogP contribution in [0.4, 0.5) is 10.1 Å². The van der Waals surface area contributed by atoms with Gasteiger partial charge < -0.3 is 30.6 Å². The molecule has 0 spiro atoms. The lowest BCUT2D eigenvalue weighted by molar-refractivity contribution is 0.0951. The Morgan fingerprint density at radius 1 is 1.18 bits per heavy atom. The predicted molar refractivity (Wildman–Crippen MR) is 152 cm³/mol. The second-order valence-electron chi connectivity index (χ2n) is 10.7. The molecule has 1 saturated heterocycles. The van der Waals surface area contributed by atoms with Crippen molar-refractivity contribution in [2.24, 2.45) is 5.73 Å². The van der Waals surface area contributed by atoms with Crippen molar-refractivity contribution in [1.82, 2.24) is 15.2 Å². The number of rotatable bonds is 7. The second kappa shape index (κ2) is 9.98. The molecule has 2 aliphatic rings. The van der Waals surface area contributed by atoms with Crippen LogP contribution in [0.15, 0.2) is 53.5 Å². The molecule has 1 unspecified atom stereocenters. The van der Waals surface area contributed by atoms with Crippen molar-refractivity contribution < 1.29 is 13.9 Å². The van der Waals surface area contributed by atoms with Crippen LogP contribution < -0.4 is 31.4 Å². The number of carbonyl (C=O) groups is 1. The Kier molecular flexibility index (Phi) is 6.48. The standard InChI is InChI=1S/C30H32FN5O3/c1-17(2)33-9-5-10-34-30(38)22-16-36-24-12-18-6-3-4-7-19(18)13-25(24)39-29-26(36)21(28(22)37)14-23(31)27(29)35-11-8-20(32)15-35/h3-4,6-7,12-14,16-17,20,33H,5,8-11,15,32H2,1-2H3,(H,34,38). The average molecular weight is 530 g/mol. The zero-order chi connectivity index (χ0) is 27.3. The van der Waals surface area contributed by atoms with E-state index in [9.17, 15) is 9.59 Å². The summed E-state index contributed by atoms with van der Waals surface area (Å²) < 4.78 is 24.0. The van der Waals surface area contributed by atoms with E-state index < -0.39 is 17.2 Å². The molecule has 9 heteroatoms. The number of hydrogen-bond acceptors (Lipinski definition) is 6. The zero-order valence-corrected chi connectivity index (χ0v) is 22.1. The van der Waals surface area contributed by atoms with Gasteiger partial charge in [-0.3, -0.25) is 9.59 Å². The minimum absolute atomic E-state index is 0.0402. The smallest absolute Gasteiger partial charge is 0.256 e. The summed E-state index contributed by atoms with van der Waals surface area (Å²) in [6.07, 6.45) is 3.01. The molecule has 39 heavy (non-hydrogen) atoms. The van der Waals surface area contributed by atoms with Crippen LogP contribution in [0.1, 0.15) is 37.0 Å². The summed E-state index contributed by atoms with van der Waals surface area (Å²) in [4.78, 5) is 28.7. The summed E-state index contributed by atoms with van der Waals surface area (Å²) in [5.74, 6) is -0.268. The van der Waals surface area contributed by atoms with Gasteiger partial charge in [-0.2, -0.15) is 0 Å². The van der Waals surface area contributed by atoms with Crippen molar-refractivity contribution in [2.45, 2.75) is 38.8 Å². The van der Waals surface area contributed by atoms with E-state index in [0.717, 1.165) is 23.7 Å². The number of nitrogens with one attached hydrogen (secondary N) is 2. The summed E-state index contributed by atoms with van der Waals surface area (Å²) in [6.45, 7) is 6.34. The predicted octanol–water partition coefficient (Wildman–Crippen LogP) is 4.04. The molecule has 0 bridgehead atoms. The molecule has 4 N–H and O–H groups in total. The molecule has 0 aliphatic carbocycles. The van der Waals surface area contributed by atoms with E-state index in [1.807, 2.05) is 41.3 Å². The summed E-state index contributed by atoms with van der Waals surface area (Å²) >= 11 is 0. The van der Waals surface area contributed by atoms with Crippen LogP contribution in [0.3, 0.4) is 0 Å². The molecule has 4 aromatic rings. The number of nitrogens with zero attached hydrogens (tertiary/aromatic N) is 2. The fraction of sp³-hybridized carbons (Fsp3) is 0.333. The van der Waals surface area contributed by atoms with Crippen molar-refractivity contribution in [3.8, 4) is 17.2 Å². The number of pyridine rings is 1. The minimum atomic E-state index is -0.572. The van der Waals surface area contributed by atoms with Gasteiger partial charge in [0.2, 0.25) is 5.43 Å². The van der Waals surface area contributed by atoms with Crippen molar-refractivity contribution >= 4 is 33.3 Å². The number of fused-ring (bicyclic) bond motifs is 3. The maximum absolute atomic E-state index is 15.8. The quantitative estimate of drug-likeness (QED) is 0.275. The maximum atomic E-state index is 15.8. The van der Waals surface area contributed by atoms with Gasteiger partial charge in [-0.05, 0) is 48.4 Å². The van der Waals surface area contributed by atoms with Gasteiger partial charge >= 0.3 is 0 Å². The third-order valence-corrected chi connectivity index (χ3v) is 7.45. The van der Waals surface area contributed by atoms with Crippen LogP contribution in [-0.4, -0.2) is 48.7 Å². The first-order chi connectivity index (χ1) is 18.8. The number of benzene rings is 3. The van der Waals surface area contributed by atoms with Crippen LogP contribution in [0.2, 0.25) is 0 Å². The highest BCUT2D eigenvalue weighted by molar-refractivity contribution is 6.02. The van der Waals surface area contributed by atoms with Gasteiger partial charge in [0.05, 0.1) is 11.1 Å². The van der Waals surface area contributed by atoms with Gasteiger partial charge in [-0.25, -0.2) is 4.39 Å². The van der Waals surface area contributed by atoms with Crippen molar-refractivity contribution in [1.29, 1.82) is 0 Å². The zero-order valence-electron chi connectivity index (χ0n) is 22.1. The number of amides is 1. The van der Waals surface area contributed by atoms with Crippen LogP contribution in [0, 0.1) is 5.82 Å². The Bertz CT molecular complexity index is 1660. The number of hydrogen-bond donors (Lipinski definition) is 3. The molecule has 8 nitrogen and oxygen atoms in total. The molecule has 3 heterocycles. The molecule has 2 aliphatic heterocycles. The first-order valence-electron chi connectivity index (χ1n) is 13.5. The molecule has 202 valence electrons. The molecule has 1 atom stereocenters. The van der Waals surface area contributed by atoms with Crippen LogP contribution in [0.5, 0.6) is 11.5 Å². The first kappa shape index (κ1) is 25.3. The molecular formula is C30H32FN5O3. The summed E-state index contributed by atoms with van der Waals surface area (Å²) in [6, 6.07) is 13.2. The Morgan fingerprint density at radius 2 is 1.95 bits per heavy atom. The highest BCUT2D eigenvalue weighted by Gasteiger charge is 2.32. The number of nitrogens with two attached hydrogens (primary N) is 1. The normalized spacial score (nSPS) is 16.1. The molecule has 0 radical (unpaired) electrons. The fourth-order valence-corrected chi connectivity index (χ4v) is 5.51. The van der Waals surface area contributed by atoms with Crippen LogP contribution >= 0.6 is 0 Å². The summed E-state index contributed by atoms with van der Waals surface area (Å²) in [7, 11) is 0. The van der Waals surface area contributed by atoms with Crippen LogP contribution in [0.25, 0.3) is 27.4 Å². The molecule has 3 aromatic carbocycles. The van der Waals surface area contributed by atoms with Gasteiger partial charge in [0.1, 0.15) is 16.8 Å². The van der Waals surface area contributed by atoms with Gasteiger partial charge in [0.25, 0.3) is 5.91 Å². The Balaban J connectivity index is 1.51. The van der Waals surface area contributed by atoms with E-state index in [4.69, 9.17) is 10.5 Å². The molecule has 6 rings (SSSR count). The number of ether oxygens (including phenoxy) is 1. The maximum Gasteiger partial charge on any atom is 0.256 e. The second-order valence-corrected chi connectivity index (χ2v) is 10.7. The average Bonchev–Trinajstić information content (AvgIpc) is 3.33. The van der Waals surface area contributed by atoms with Gasteiger partial charge in [0, 0.05) is 37.9 Å². The fourth-order valence-electron chi connectivity index (χ4n) is 5.51. The lowest BCUT2D eigenvalue weighted by atomic mass is 10.0. The van der Waals surface area contributed by atoms with Gasteiger partial charge in [-0.1, -0.05) is 38.1 Å². The van der Waals surface area contributed by atoms with E-state index in [2.05, 4.69) is 24.5 Å². The van der Waals surface area contributed by atoms with Crippen molar-refractivity contribution in [2.75, 3.05) is 31.1 Å². The first-order valence-corrected chi connectivity index (χ1v) is 13.5. The van der Waals surface area contributed by atoms with E-state index in [0.29, 0.717) is 49.1 Å². The molecule has 1 amide bonds. The Hall–Kier alpha value is -3.95. The lowest BCUT2D eigenvalue weighted by Gasteiger charge is -2.29. The Morgan fingerprint density at radius 3 is 2.67 bits per heavy atom. The van der Waals surface area contributed by atoms with Crippen LogP contribution in [-0.2, 0) is 0 Å². The SMILES string of the molecule is CC(C)NCCCNC(=O)c1cn2c3c(c(N4CCC(N)C4)c(F)cc3c1=O)Oc1cc3ccccc3cc1-2. The van der Waals surface area contributed by atoms with E-state index in [1.165, 1.54) is 6.07 Å². The van der Waals surface area contributed by atoms with Crippen molar-refractivity contribution in [3.63, 3.8) is 0 Å². The number of aromatic nitrogens is 1. The minimum Gasteiger partial charge on any atom is -0.451 e. The summed E-state index contributed by atoms with van der Waals surface area (Å²) in [5, 5.41) is 8.20. The number of anilines is 1. The van der Waals surface area contributed by atoms with E-state index in [-0.39, 0.29) is 28.4 Å². The lowest BCUT2D eigenvalue weighted by Crippen LogP contribution is -2.33. The third kappa shape index (κ3) is 4.51. The number of carbonyl (C=O) groups excluding carboxylic acids is 1. The third-order valence-electron chi connectivity index (χ3n) is 7.45. The van der Waals surface area contributed by atoms with Gasteiger partial charge in [-0.15, -0.1) is 0 Å². The van der Waals surface area contributed by atoms with E-state index in [1.54, 1.807) is 10.8 Å². The number of halogens is 1. The molecule has 0 saturated carbocycles. The highest BCUT2D eigenvalue weighted by Crippen LogP contribution is 2.48. The molecular weight excluding hydrogens is 497 g/mol. The van der Waals surface area contributed by atoms with Crippen molar-refractivity contribution in [3.05, 3.63) is 70.3 Å². The molecule has 1 aromatic heterocycles.